The van der Waals surface area contributed by atoms with Crippen LogP contribution in [-0.2, 0) is 13.5 Å². The number of amides is 1. The Morgan fingerprint density at radius 2 is 2.25 bits per heavy atom. The van der Waals surface area contributed by atoms with E-state index in [1.807, 2.05) is 25.5 Å². The molecule has 1 amide bonds. The highest BCUT2D eigenvalue weighted by Crippen LogP contribution is 2.09. The molecule has 0 saturated heterocycles. The number of hydrogen-bond donors (Lipinski definition) is 1. The zero-order valence-electron chi connectivity index (χ0n) is 12.0. The maximum Gasteiger partial charge on any atom is 0.272 e. The fourth-order valence-corrected chi connectivity index (χ4v) is 1.84. The fourth-order valence-electron chi connectivity index (χ4n) is 1.84. The standard InChI is InChI=1S/C14H19N5O/c1-18(2)14(20)13-8-12(5-7-16-13)15-6-4-11-9-17-19(3)10-11/h5,7-10H,4,6H2,1-3H3,(H,15,16). The minimum Gasteiger partial charge on any atom is -0.385 e. The summed E-state index contributed by atoms with van der Waals surface area (Å²) in [5.74, 6) is -0.0964. The number of rotatable bonds is 5. The van der Waals surface area contributed by atoms with Crippen molar-refractivity contribution in [3.63, 3.8) is 0 Å². The van der Waals surface area contributed by atoms with E-state index in [2.05, 4.69) is 15.4 Å². The van der Waals surface area contributed by atoms with Crippen LogP contribution >= 0.6 is 0 Å². The average Bonchev–Trinajstić information content (AvgIpc) is 2.84. The summed E-state index contributed by atoms with van der Waals surface area (Å²) in [6.07, 6.45) is 6.38. The number of carbonyl (C=O) groups excluding carboxylic acids is 1. The molecule has 6 nitrogen and oxygen atoms in total. The van der Waals surface area contributed by atoms with E-state index in [9.17, 15) is 4.79 Å². The Morgan fingerprint density at radius 1 is 1.45 bits per heavy atom. The van der Waals surface area contributed by atoms with Gasteiger partial charge in [-0.3, -0.25) is 14.5 Å². The first-order valence-electron chi connectivity index (χ1n) is 6.45. The van der Waals surface area contributed by atoms with E-state index in [0.717, 1.165) is 18.7 Å². The predicted octanol–water partition coefficient (Wildman–Crippen LogP) is 1.17. The van der Waals surface area contributed by atoms with Gasteiger partial charge in [0.1, 0.15) is 5.69 Å². The first-order chi connectivity index (χ1) is 9.56. The van der Waals surface area contributed by atoms with Crippen LogP contribution in [0.25, 0.3) is 0 Å². The fraction of sp³-hybridized carbons (Fsp3) is 0.357. The van der Waals surface area contributed by atoms with Gasteiger partial charge in [-0.05, 0) is 24.1 Å². The van der Waals surface area contributed by atoms with Crippen LogP contribution in [0.3, 0.4) is 0 Å². The van der Waals surface area contributed by atoms with Gasteiger partial charge in [0.25, 0.3) is 5.91 Å². The molecule has 2 rings (SSSR count). The van der Waals surface area contributed by atoms with Crippen molar-refractivity contribution in [1.82, 2.24) is 19.7 Å². The summed E-state index contributed by atoms with van der Waals surface area (Å²) in [7, 11) is 5.33. The third-order valence-electron chi connectivity index (χ3n) is 2.89. The van der Waals surface area contributed by atoms with Crippen molar-refractivity contribution < 1.29 is 4.79 Å². The smallest absolute Gasteiger partial charge is 0.272 e. The van der Waals surface area contributed by atoms with Crippen molar-refractivity contribution in [3.8, 4) is 0 Å². The van der Waals surface area contributed by atoms with Gasteiger partial charge in [-0.2, -0.15) is 5.10 Å². The minimum absolute atomic E-state index is 0.0964. The summed E-state index contributed by atoms with van der Waals surface area (Å²) in [5.41, 5.74) is 2.52. The zero-order valence-corrected chi connectivity index (χ0v) is 12.0. The van der Waals surface area contributed by atoms with Gasteiger partial charge in [0.05, 0.1) is 6.20 Å². The Kier molecular flexibility index (Phi) is 4.34. The molecule has 6 heteroatoms. The lowest BCUT2D eigenvalue weighted by molar-refractivity contribution is 0.0822. The second-order valence-corrected chi connectivity index (χ2v) is 4.83. The highest BCUT2D eigenvalue weighted by atomic mass is 16.2. The number of carbonyl (C=O) groups is 1. The van der Waals surface area contributed by atoms with Crippen LogP contribution < -0.4 is 5.32 Å². The summed E-state index contributed by atoms with van der Waals surface area (Å²) in [6, 6.07) is 3.63. The van der Waals surface area contributed by atoms with Crippen LogP contribution in [-0.4, -0.2) is 46.2 Å². The lowest BCUT2D eigenvalue weighted by Crippen LogP contribution is -2.22. The monoisotopic (exact) mass is 273 g/mol. The summed E-state index contributed by atoms with van der Waals surface area (Å²) >= 11 is 0. The van der Waals surface area contributed by atoms with Crippen molar-refractivity contribution in [3.05, 3.63) is 42.0 Å². The van der Waals surface area contributed by atoms with Crippen LogP contribution in [0.5, 0.6) is 0 Å². The SMILES string of the molecule is CN(C)C(=O)c1cc(NCCc2cnn(C)c2)ccn1. The van der Waals surface area contributed by atoms with Gasteiger partial charge in [-0.15, -0.1) is 0 Å². The summed E-state index contributed by atoms with van der Waals surface area (Å²) in [6.45, 7) is 0.783. The molecule has 0 aliphatic heterocycles. The van der Waals surface area contributed by atoms with Crippen molar-refractivity contribution in [2.24, 2.45) is 7.05 Å². The van der Waals surface area contributed by atoms with Crippen LogP contribution in [0.1, 0.15) is 16.1 Å². The van der Waals surface area contributed by atoms with Gasteiger partial charge in [0, 0.05) is 45.8 Å². The van der Waals surface area contributed by atoms with E-state index < -0.39 is 0 Å². The maximum absolute atomic E-state index is 11.8. The molecule has 0 saturated carbocycles. The lowest BCUT2D eigenvalue weighted by atomic mass is 10.2. The first kappa shape index (κ1) is 14.0. The van der Waals surface area contributed by atoms with Crippen LogP contribution in [0.4, 0.5) is 5.69 Å². The highest BCUT2D eigenvalue weighted by molar-refractivity contribution is 5.92. The highest BCUT2D eigenvalue weighted by Gasteiger charge is 2.09. The molecule has 0 aromatic carbocycles. The molecule has 2 heterocycles. The van der Waals surface area contributed by atoms with Gasteiger partial charge >= 0.3 is 0 Å². The number of nitrogens with zero attached hydrogens (tertiary/aromatic N) is 4. The number of anilines is 1. The molecular formula is C14H19N5O. The maximum atomic E-state index is 11.8. The Hall–Kier alpha value is -2.37. The number of nitrogens with one attached hydrogen (secondary N) is 1. The van der Waals surface area contributed by atoms with E-state index >= 15 is 0 Å². The topological polar surface area (TPSA) is 63.1 Å². The molecular weight excluding hydrogens is 254 g/mol. The number of hydrogen-bond acceptors (Lipinski definition) is 4. The van der Waals surface area contributed by atoms with Crippen LogP contribution in [0.15, 0.2) is 30.7 Å². The molecule has 0 unspecified atom stereocenters. The summed E-state index contributed by atoms with van der Waals surface area (Å²) in [5, 5.41) is 7.42. The normalized spacial score (nSPS) is 10.3. The third kappa shape index (κ3) is 3.57. The molecule has 0 aliphatic carbocycles. The Labute approximate surface area is 118 Å². The van der Waals surface area contributed by atoms with Crippen molar-refractivity contribution in [2.45, 2.75) is 6.42 Å². The van der Waals surface area contributed by atoms with Gasteiger partial charge < -0.3 is 10.2 Å². The van der Waals surface area contributed by atoms with E-state index in [0.29, 0.717) is 5.69 Å². The molecule has 0 spiro atoms. The van der Waals surface area contributed by atoms with E-state index in [-0.39, 0.29) is 5.91 Å². The molecule has 2 aromatic heterocycles. The van der Waals surface area contributed by atoms with Crippen molar-refractivity contribution in [2.75, 3.05) is 26.0 Å². The van der Waals surface area contributed by atoms with E-state index in [1.165, 1.54) is 10.5 Å². The molecule has 0 atom stereocenters. The van der Waals surface area contributed by atoms with Gasteiger partial charge in [-0.25, -0.2) is 0 Å². The van der Waals surface area contributed by atoms with E-state index in [1.54, 1.807) is 31.0 Å². The van der Waals surface area contributed by atoms with Crippen molar-refractivity contribution in [1.29, 1.82) is 0 Å². The van der Waals surface area contributed by atoms with Crippen LogP contribution in [0.2, 0.25) is 0 Å². The molecule has 106 valence electrons. The second kappa shape index (κ2) is 6.18. The Balaban J connectivity index is 1.93. The average molecular weight is 273 g/mol. The molecule has 0 radical (unpaired) electrons. The van der Waals surface area contributed by atoms with Gasteiger partial charge in [0.15, 0.2) is 0 Å². The number of aromatic nitrogens is 3. The zero-order chi connectivity index (χ0) is 14.5. The number of pyridine rings is 1. The van der Waals surface area contributed by atoms with Crippen LogP contribution in [0, 0.1) is 0 Å². The first-order valence-corrected chi connectivity index (χ1v) is 6.45. The summed E-state index contributed by atoms with van der Waals surface area (Å²) in [4.78, 5) is 17.4. The largest absolute Gasteiger partial charge is 0.385 e. The molecule has 0 fully saturated rings. The minimum atomic E-state index is -0.0964. The Bertz CT molecular complexity index is 591. The van der Waals surface area contributed by atoms with E-state index in [4.69, 9.17) is 0 Å². The van der Waals surface area contributed by atoms with Gasteiger partial charge in [0.2, 0.25) is 0 Å². The molecule has 1 N–H and O–H groups in total. The molecule has 0 bridgehead atoms. The second-order valence-electron chi connectivity index (χ2n) is 4.83. The summed E-state index contributed by atoms with van der Waals surface area (Å²) < 4.78 is 1.79. The third-order valence-corrected chi connectivity index (χ3v) is 2.89. The lowest BCUT2D eigenvalue weighted by Gasteiger charge is -2.11. The van der Waals surface area contributed by atoms with Gasteiger partial charge in [-0.1, -0.05) is 0 Å². The molecule has 20 heavy (non-hydrogen) atoms. The Morgan fingerprint density at radius 3 is 2.90 bits per heavy atom. The molecule has 2 aromatic rings. The predicted molar refractivity (Wildman–Crippen MR) is 77.7 cm³/mol. The number of aryl methyl sites for hydroxylation is 1. The van der Waals surface area contributed by atoms with Crippen molar-refractivity contribution >= 4 is 11.6 Å². The molecule has 0 aliphatic rings. The quantitative estimate of drug-likeness (QED) is 0.888.